The molecule has 2 rings (SSSR count). The van der Waals surface area contributed by atoms with Gasteiger partial charge >= 0.3 is 0 Å². The van der Waals surface area contributed by atoms with Crippen LogP contribution in [0.3, 0.4) is 0 Å². The summed E-state index contributed by atoms with van der Waals surface area (Å²) in [6, 6.07) is 4.18. The minimum absolute atomic E-state index is 0.221. The number of nitrogens with zero attached hydrogens (tertiary/aromatic N) is 4. The van der Waals surface area contributed by atoms with E-state index in [9.17, 15) is 0 Å². The fourth-order valence-corrected chi connectivity index (χ4v) is 2.24. The number of aromatic nitrogens is 3. The molecule has 0 bridgehead atoms. The second kappa shape index (κ2) is 5.18. The van der Waals surface area contributed by atoms with Crippen molar-refractivity contribution < 1.29 is 0 Å². The maximum absolute atomic E-state index is 5.64. The van der Waals surface area contributed by atoms with Gasteiger partial charge in [-0.2, -0.15) is 15.0 Å². The zero-order valence-corrected chi connectivity index (χ0v) is 11.5. The quantitative estimate of drug-likeness (QED) is 0.871. The molecule has 0 aliphatic rings. The van der Waals surface area contributed by atoms with E-state index in [0.29, 0.717) is 18.4 Å². The van der Waals surface area contributed by atoms with E-state index in [1.165, 1.54) is 9.75 Å². The highest BCUT2D eigenvalue weighted by molar-refractivity contribution is 7.11. The molecule has 0 saturated carbocycles. The average Bonchev–Trinajstić information content (AvgIpc) is 2.72. The lowest BCUT2D eigenvalue weighted by molar-refractivity contribution is 0.953. The molecule has 0 aliphatic heterocycles. The molecule has 0 atom stereocenters. The van der Waals surface area contributed by atoms with Gasteiger partial charge in [0.15, 0.2) is 0 Å². The third-order valence-electron chi connectivity index (χ3n) is 2.26. The van der Waals surface area contributed by atoms with Crippen LogP contribution in [0.5, 0.6) is 0 Å². The average molecular weight is 264 g/mol. The van der Waals surface area contributed by atoms with Crippen LogP contribution in [0.15, 0.2) is 12.1 Å². The van der Waals surface area contributed by atoms with Gasteiger partial charge < -0.3 is 16.0 Å². The Morgan fingerprint density at radius 3 is 2.67 bits per heavy atom. The second-order valence-electron chi connectivity index (χ2n) is 4.08. The molecule has 0 radical (unpaired) electrons. The highest BCUT2D eigenvalue weighted by Crippen LogP contribution is 2.16. The van der Waals surface area contributed by atoms with Crippen LogP contribution in [0.2, 0.25) is 0 Å². The second-order valence-corrected chi connectivity index (χ2v) is 5.45. The largest absolute Gasteiger partial charge is 0.368 e. The van der Waals surface area contributed by atoms with Gasteiger partial charge in [-0.3, -0.25) is 0 Å². The smallest absolute Gasteiger partial charge is 0.231 e. The summed E-state index contributed by atoms with van der Waals surface area (Å²) >= 11 is 1.75. The number of nitrogens with one attached hydrogen (secondary N) is 1. The van der Waals surface area contributed by atoms with Crippen molar-refractivity contribution in [2.75, 3.05) is 30.0 Å². The third kappa shape index (κ3) is 3.07. The fourth-order valence-electron chi connectivity index (χ4n) is 1.41. The Balaban J connectivity index is 2.09. The molecular weight excluding hydrogens is 248 g/mol. The molecule has 0 amide bonds. The first-order valence-corrected chi connectivity index (χ1v) is 6.34. The first kappa shape index (κ1) is 12.6. The SMILES string of the molecule is Cc1ccc(CNc2nc(N)nc(N(C)C)n2)s1. The molecule has 0 saturated heterocycles. The van der Waals surface area contributed by atoms with E-state index in [-0.39, 0.29) is 5.95 Å². The van der Waals surface area contributed by atoms with Crippen molar-refractivity contribution in [3.8, 4) is 0 Å². The third-order valence-corrected chi connectivity index (χ3v) is 3.26. The number of aryl methyl sites for hydroxylation is 1. The zero-order valence-electron chi connectivity index (χ0n) is 10.6. The first-order chi connectivity index (χ1) is 8.54. The summed E-state index contributed by atoms with van der Waals surface area (Å²) in [7, 11) is 3.72. The number of hydrogen-bond donors (Lipinski definition) is 2. The van der Waals surface area contributed by atoms with Crippen molar-refractivity contribution in [1.82, 2.24) is 15.0 Å². The van der Waals surface area contributed by atoms with Crippen molar-refractivity contribution >= 4 is 29.2 Å². The molecule has 0 unspecified atom stereocenters. The summed E-state index contributed by atoms with van der Waals surface area (Å²) < 4.78 is 0. The van der Waals surface area contributed by atoms with E-state index in [2.05, 4.69) is 39.3 Å². The van der Waals surface area contributed by atoms with Crippen molar-refractivity contribution in [2.24, 2.45) is 0 Å². The van der Waals surface area contributed by atoms with Crippen molar-refractivity contribution in [1.29, 1.82) is 0 Å². The van der Waals surface area contributed by atoms with Crippen LogP contribution in [-0.2, 0) is 6.54 Å². The number of thiophene rings is 1. The lowest BCUT2D eigenvalue weighted by atomic mass is 10.4. The van der Waals surface area contributed by atoms with E-state index >= 15 is 0 Å². The first-order valence-electron chi connectivity index (χ1n) is 5.52. The number of nitrogen functional groups attached to an aromatic ring is 1. The maximum Gasteiger partial charge on any atom is 0.231 e. The van der Waals surface area contributed by atoms with Gasteiger partial charge in [0.25, 0.3) is 0 Å². The summed E-state index contributed by atoms with van der Waals surface area (Å²) in [5.41, 5.74) is 5.64. The molecule has 96 valence electrons. The van der Waals surface area contributed by atoms with E-state index in [0.717, 1.165) is 0 Å². The molecule has 3 N–H and O–H groups in total. The molecular formula is C11H16N6S. The van der Waals surface area contributed by atoms with E-state index in [1.54, 1.807) is 16.2 Å². The van der Waals surface area contributed by atoms with E-state index in [4.69, 9.17) is 5.73 Å². The molecule has 6 nitrogen and oxygen atoms in total. The van der Waals surface area contributed by atoms with Crippen molar-refractivity contribution in [3.05, 3.63) is 21.9 Å². The molecule has 2 aromatic rings. The number of rotatable bonds is 4. The molecule has 2 aromatic heterocycles. The molecule has 0 aromatic carbocycles. The van der Waals surface area contributed by atoms with Crippen LogP contribution in [0.1, 0.15) is 9.75 Å². The normalized spacial score (nSPS) is 10.4. The van der Waals surface area contributed by atoms with Crippen molar-refractivity contribution in [3.63, 3.8) is 0 Å². The number of hydrogen-bond acceptors (Lipinski definition) is 7. The van der Waals surface area contributed by atoms with Crippen molar-refractivity contribution in [2.45, 2.75) is 13.5 Å². The van der Waals surface area contributed by atoms with Gasteiger partial charge in [0.05, 0.1) is 6.54 Å². The topological polar surface area (TPSA) is 80.0 Å². The van der Waals surface area contributed by atoms with Gasteiger partial charge in [0.1, 0.15) is 0 Å². The highest BCUT2D eigenvalue weighted by atomic mass is 32.1. The Hall–Kier alpha value is -1.89. The Labute approximate surface area is 110 Å². The van der Waals surface area contributed by atoms with Crippen LogP contribution in [0, 0.1) is 6.92 Å². The summed E-state index contributed by atoms with van der Waals surface area (Å²) in [4.78, 5) is 16.7. The van der Waals surface area contributed by atoms with Crippen LogP contribution < -0.4 is 16.0 Å². The van der Waals surface area contributed by atoms with Crippen LogP contribution in [0.4, 0.5) is 17.8 Å². The Kier molecular flexibility index (Phi) is 3.61. The maximum atomic E-state index is 5.64. The molecule has 0 aliphatic carbocycles. The Morgan fingerprint density at radius 2 is 2.06 bits per heavy atom. The van der Waals surface area contributed by atoms with Gasteiger partial charge in [-0.05, 0) is 19.1 Å². The minimum atomic E-state index is 0.221. The highest BCUT2D eigenvalue weighted by Gasteiger charge is 2.06. The standard InChI is InChI=1S/C11H16N6S/c1-7-4-5-8(18-7)6-13-10-14-9(12)15-11(16-10)17(2)3/h4-5H,6H2,1-3H3,(H3,12,13,14,15,16). The predicted octanol–water partition coefficient (Wildman–Crippen LogP) is 1.50. The molecule has 2 heterocycles. The summed E-state index contributed by atoms with van der Waals surface area (Å²) in [6.45, 7) is 2.77. The molecule has 0 spiro atoms. The fraction of sp³-hybridized carbons (Fsp3) is 0.364. The van der Waals surface area contributed by atoms with E-state index < -0.39 is 0 Å². The summed E-state index contributed by atoms with van der Waals surface area (Å²) in [5, 5.41) is 3.15. The van der Waals surface area contributed by atoms with Gasteiger partial charge in [0.2, 0.25) is 17.8 Å². The predicted molar refractivity (Wildman–Crippen MR) is 74.9 cm³/mol. The monoisotopic (exact) mass is 264 g/mol. The van der Waals surface area contributed by atoms with E-state index in [1.807, 2.05) is 14.1 Å². The summed E-state index contributed by atoms with van der Waals surface area (Å²) in [6.07, 6.45) is 0. The molecule has 0 fully saturated rings. The van der Waals surface area contributed by atoms with Gasteiger partial charge in [-0.1, -0.05) is 0 Å². The van der Waals surface area contributed by atoms with Crippen LogP contribution in [0.25, 0.3) is 0 Å². The van der Waals surface area contributed by atoms with Gasteiger partial charge in [-0.25, -0.2) is 0 Å². The van der Waals surface area contributed by atoms with Gasteiger partial charge in [0, 0.05) is 23.8 Å². The minimum Gasteiger partial charge on any atom is -0.368 e. The van der Waals surface area contributed by atoms with Crippen LogP contribution in [-0.4, -0.2) is 29.0 Å². The summed E-state index contributed by atoms with van der Waals surface area (Å²) in [5.74, 6) is 1.27. The molecule has 7 heteroatoms. The molecule has 18 heavy (non-hydrogen) atoms. The lowest BCUT2D eigenvalue weighted by Gasteiger charge is -2.11. The Morgan fingerprint density at radius 1 is 1.28 bits per heavy atom. The van der Waals surface area contributed by atoms with Gasteiger partial charge in [-0.15, -0.1) is 11.3 Å². The number of anilines is 3. The zero-order chi connectivity index (χ0) is 13.1. The lowest BCUT2D eigenvalue weighted by Crippen LogP contribution is -2.16. The van der Waals surface area contributed by atoms with Crippen LogP contribution >= 0.6 is 11.3 Å². The number of nitrogens with two attached hydrogens (primary N) is 1. The Bertz CT molecular complexity index is 536.